The van der Waals surface area contributed by atoms with Crippen LogP contribution in [0.1, 0.15) is 27.0 Å². The van der Waals surface area contributed by atoms with Crippen molar-refractivity contribution in [3.05, 3.63) is 64.7 Å². The van der Waals surface area contributed by atoms with Crippen LogP contribution in [-0.2, 0) is 16.1 Å². The summed E-state index contributed by atoms with van der Waals surface area (Å²) in [7, 11) is 0. The lowest BCUT2D eigenvalue weighted by atomic mass is 10.1. The highest BCUT2D eigenvalue weighted by Crippen LogP contribution is 2.19. The molecule has 0 unspecified atom stereocenters. The van der Waals surface area contributed by atoms with Gasteiger partial charge in [-0.05, 0) is 42.7 Å². The molecule has 0 aliphatic rings. The van der Waals surface area contributed by atoms with Crippen molar-refractivity contribution in [3.8, 4) is 0 Å². The number of para-hydroxylation sites is 1. The smallest absolute Gasteiger partial charge is 0.367 e. The molecule has 0 aromatic heterocycles. The number of carbonyl (C=O) groups is 2. The van der Waals surface area contributed by atoms with Crippen molar-refractivity contribution in [1.29, 1.82) is 0 Å². The minimum absolute atomic E-state index is 0.205. The van der Waals surface area contributed by atoms with E-state index in [0.29, 0.717) is 16.8 Å². The quantitative estimate of drug-likeness (QED) is 0.752. The molecule has 28 heavy (non-hydrogen) atoms. The van der Waals surface area contributed by atoms with Crippen LogP contribution in [0.25, 0.3) is 0 Å². The van der Waals surface area contributed by atoms with Gasteiger partial charge in [0.15, 0.2) is 0 Å². The molecule has 0 spiro atoms. The Morgan fingerprint density at radius 3 is 2.18 bits per heavy atom. The Morgan fingerprint density at radius 1 is 1.00 bits per heavy atom. The normalized spacial score (nSPS) is 11.2. The summed E-state index contributed by atoms with van der Waals surface area (Å²) in [4.78, 5) is 24.2. The highest BCUT2D eigenvalue weighted by atomic mass is 19.4. The molecular weight excluding hydrogens is 373 g/mol. The minimum atomic E-state index is -4.38. The van der Waals surface area contributed by atoms with Crippen molar-refractivity contribution in [2.75, 3.05) is 18.5 Å². The average Bonchev–Trinajstić information content (AvgIpc) is 2.62. The Bertz CT molecular complexity index is 813. The molecule has 5 nitrogen and oxygen atoms in total. The Morgan fingerprint density at radius 2 is 1.61 bits per heavy atom. The lowest BCUT2D eigenvalue weighted by Crippen LogP contribution is -2.33. The second-order valence-corrected chi connectivity index (χ2v) is 6.30. The van der Waals surface area contributed by atoms with E-state index < -0.39 is 18.7 Å². The molecule has 0 fully saturated rings. The van der Waals surface area contributed by atoms with E-state index in [1.807, 2.05) is 32.0 Å². The van der Waals surface area contributed by atoms with E-state index in [1.165, 1.54) is 24.3 Å². The number of amides is 2. The first-order chi connectivity index (χ1) is 13.2. The van der Waals surface area contributed by atoms with Crippen LogP contribution in [0.4, 0.5) is 18.9 Å². The number of carbonyl (C=O) groups excluding carboxylic acids is 2. The highest BCUT2D eigenvalue weighted by Gasteiger charge is 2.27. The zero-order valence-corrected chi connectivity index (χ0v) is 15.5. The van der Waals surface area contributed by atoms with Crippen molar-refractivity contribution < 1.29 is 27.5 Å². The zero-order valence-electron chi connectivity index (χ0n) is 15.5. The molecule has 2 aromatic rings. The zero-order chi connectivity index (χ0) is 20.7. The maximum absolute atomic E-state index is 12.1. The Labute approximate surface area is 160 Å². The van der Waals surface area contributed by atoms with Crippen molar-refractivity contribution in [2.24, 2.45) is 0 Å². The number of anilines is 1. The molecule has 2 amide bonds. The minimum Gasteiger partial charge on any atom is -0.367 e. The standard InChI is InChI=1S/C20H21F3N2O3/c1-13-4-3-5-14(2)18(13)25-17(26)10-24-19(27)16-8-6-15(7-9-16)11-28-12-20(21,22)23/h3-9H,10-12H2,1-2H3,(H,24,27)(H,25,26). The average molecular weight is 394 g/mol. The molecule has 0 saturated carbocycles. The molecule has 150 valence electrons. The van der Waals surface area contributed by atoms with Gasteiger partial charge in [-0.1, -0.05) is 30.3 Å². The van der Waals surface area contributed by atoms with Crippen molar-refractivity contribution in [2.45, 2.75) is 26.6 Å². The van der Waals surface area contributed by atoms with Crippen LogP contribution in [0.2, 0.25) is 0 Å². The summed E-state index contributed by atoms with van der Waals surface area (Å²) >= 11 is 0. The van der Waals surface area contributed by atoms with Gasteiger partial charge in [-0.25, -0.2) is 0 Å². The largest absolute Gasteiger partial charge is 0.411 e. The Balaban J connectivity index is 1.83. The fourth-order valence-electron chi connectivity index (χ4n) is 2.49. The van der Waals surface area contributed by atoms with Gasteiger partial charge in [0.1, 0.15) is 6.61 Å². The number of ether oxygens (including phenoxy) is 1. The molecule has 0 aliphatic heterocycles. The summed E-state index contributed by atoms with van der Waals surface area (Å²) in [5.74, 6) is -0.817. The molecule has 0 aliphatic carbocycles. The van der Waals surface area contributed by atoms with Crippen LogP contribution in [-0.4, -0.2) is 31.1 Å². The van der Waals surface area contributed by atoms with Gasteiger partial charge in [-0.3, -0.25) is 9.59 Å². The van der Waals surface area contributed by atoms with Crippen LogP contribution < -0.4 is 10.6 Å². The molecule has 2 N–H and O–H groups in total. The molecule has 8 heteroatoms. The van der Waals surface area contributed by atoms with Crippen LogP contribution in [0.5, 0.6) is 0 Å². The van der Waals surface area contributed by atoms with Crippen LogP contribution in [0, 0.1) is 13.8 Å². The van der Waals surface area contributed by atoms with E-state index >= 15 is 0 Å². The molecule has 0 heterocycles. The van der Waals surface area contributed by atoms with E-state index in [1.54, 1.807) is 0 Å². The number of halogens is 3. The van der Waals surface area contributed by atoms with Gasteiger partial charge in [-0.15, -0.1) is 0 Å². The number of rotatable bonds is 7. The van der Waals surface area contributed by atoms with Gasteiger partial charge in [-0.2, -0.15) is 13.2 Å². The summed E-state index contributed by atoms with van der Waals surface area (Å²) in [6.07, 6.45) is -4.38. The van der Waals surface area contributed by atoms with E-state index in [-0.39, 0.29) is 19.1 Å². The molecule has 0 saturated heterocycles. The number of benzene rings is 2. The molecule has 0 bridgehead atoms. The monoisotopic (exact) mass is 394 g/mol. The maximum Gasteiger partial charge on any atom is 0.411 e. The summed E-state index contributed by atoms with van der Waals surface area (Å²) in [5, 5.41) is 5.28. The summed E-state index contributed by atoms with van der Waals surface area (Å²) in [5.41, 5.74) is 3.35. The van der Waals surface area contributed by atoms with Crippen LogP contribution in [0.3, 0.4) is 0 Å². The van der Waals surface area contributed by atoms with E-state index in [4.69, 9.17) is 0 Å². The SMILES string of the molecule is Cc1cccc(C)c1NC(=O)CNC(=O)c1ccc(COCC(F)(F)F)cc1. The van der Waals surface area contributed by atoms with Gasteiger partial charge >= 0.3 is 6.18 Å². The Kier molecular flexibility index (Phi) is 7.17. The third-order valence-corrected chi connectivity index (χ3v) is 3.91. The van der Waals surface area contributed by atoms with Crippen molar-refractivity contribution >= 4 is 17.5 Å². The van der Waals surface area contributed by atoms with Gasteiger partial charge in [0.05, 0.1) is 13.2 Å². The molecule has 0 atom stereocenters. The summed E-state index contributed by atoms with van der Waals surface area (Å²) in [6.45, 7) is 2.01. The first-order valence-corrected chi connectivity index (χ1v) is 8.53. The first-order valence-electron chi connectivity index (χ1n) is 8.53. The van der Waals surface area contributed by atoms with Gasteiger partial charge in [0.2, 0.25) is 5.91 Å². The molecule has 0 radical (unpaired) electrons. The van der Waals surface area contributed by atoms with Crippen molar-refractivity contribution in [1.82, 2.24) is 5.32 Å². The highest BCUT2D eigenvalue weighted by molar-refractivity contribution is 5.99. The third-order valence-electron chi connectivity index (χ3n) is 3.91. The predicted molar refractivity (Wildman–Crippen MR) is 99.0 cm³/mol. The van der Waals surface area contributed by atoms with Crippen molar-refractivity contribution in [3.63, 3.8) is 0 Å². The number of alkyl halides is 3. The maximum atomic E-state index is 12.1. The number of aryl methyl sites for hydroxylation is 2. The first kappa shape index (κ1) is 21.4. The second kappa shape index (κ2) is 9.36. The van der Waals surface area contributed by atoms with E-state index in [0.717, 1.165) is 11.1 Å². The fraction of sp³-hybridized carbons (Fsp3) is 0.300. The van der Waals surface area contributed by atoms with Gasteiger partial charge in [0.25, 0.3) is 5.91 Å². The lowest BCUT2D eigenvalue weighted by molar-refractivity contribution is -0.176. The van der Waals surface area contributed by atoms with Crippen LogP contribution in [0.15, 0.2) is 42.5 Å². The number of nitrogens with one attached hydrogen (secondary N) is 2. The summed E-state index contributed by atoms with van der Waals surface area (Å²) in [6, 6.07) is 11.6. The molecular formula is C20H21F3N2O3. The molecule has 2 aromatic carbocycles. The number of hydrogen-bond donors (Lipinski definition) is 2. The number of hydrogen-bond acceptors (Lipinski definition) is 3. The van der Waals surface area contributed by atoms with Gasteiger partial charge in [0, 0.05) is 11.3 Å². The summed E-state index contributed by atoms with van der Waals surface area (Å²) < 4.78 is 40.7. The third kappa shape index (κ3) is 6.70. The fourth-order valence-corrected chi connectivity index (χ4v) is 2.49. The Hall–Kier alpha value is -2.87. The van der Waals surface area contributed by atoms with E-state index in [2.05, 4.69) is 15.4 Å². The topological polar surface area (TPSA) is 67.4 Å². The van der Waals surface area contributed by atoms with E-state index in [9.17, 15) is 22.8 Å². The second-order valence-electron chi connectivity index (χ2n) is 6.30. The van der Waals surface area contributed by atoms with Gasteiger partial charge < -0.3 is 15.4 Å². The van der Waals surface area contributed by atoms with Crippen LogP contribution >= 0.6 is 0 Å². The lowest BCUT2D eigenvalue weighted by Gasteiger charge is -2.12. The molecule has 2 rings (SSSR count). The predicted octanol–water partition coefficient (Wildman–Crippen LogP) is 3.75.